The summed E-state index contributed by atoms with van der Waals surface area (Å²) >= 11 is 1.32. The Morgan fingerprint density at radius 1 is 0.923 bits per heavy atom. The topological polar surface area (TPSA) is 32.3 Å². The van der Waals surface area contributed by atoms with Gasteiger partial charge in [0.1, 0.15) is 17.7 Å². The molecule has 0 amide bonds. The van der Waals surface area contributed by atoms with E-state index in [1.54, 1.807) is 12.1 Å². The molecule has 2 atom stereocenters. The number of aliphatic hydroxyl groups is 1. The molecule has 2 aromatic carbocycles. The summed E-state index contributed by atoms with van der Waals surface area (Å²) in [7, 11) is 0. The minimum absolute atomic E-state index is 0.124. The average molecular weight is 391 g/mol. The van der Waals surface area contributed by atoms with Crippen LogP contribution < -0.4 is 5.32 Å². The molecule has 0 aliphatic rings. The molecule has 0 spiro atoms. The molecule has 0 unspecified atom stereocenters. The summed E-state index contributed by atoms with van der Waals surface area (Å²) in [5.41, 5.74) is 0.708. The maximum absolute atomic E-state index is 13.3. The summed E-state index contributed by atoms with van der Waals surface area (Å²) in [6, 6.07) is 7.07. The van der Waals surface area contributed by atoms with E-state index in [-0.39, 0.29) is 17.1 Å². The molecule has 0 bridgehead atoms. The van der Waals surface area contributed by atoms with Gasteiger partial charge in [-0.25, -0.2) is 8.78 Å². The van der Waals surface area contributed by atoms with Gasteiger partial charge in [-0.3, -0.25) is 5.32 Å². The minimum Gasteiger partial charge on any atom is -0.395 e. The van der Waals surface area contributed by atoms with Crippen LogP contribution in [-0.4, -0.2) is 29.7 Å². The summed E-state index contributed by atoms with van der Waals surface area (Å²) < 4.78 is 65.9. The quantitative estimate of drug-likeness (QED) is 0.652. The fraction of sp³-hybridized carbons (Fsp3) is 0.333. The third kappa shape index (κ3) is 6.26. The molecule has 26 heavy (non-hydrogen) atoms. The Kier molecular flexibility index (Phi) is 7.43. The van der Waals surface area contributed by atoms with E-state index in [2.05, 4.69) is 5.32 Å². The first kappa shape index (κ1) is 20.7. The Morgan fingerprint density at radius 2 is 1.46 bits per heavy atom. The molecule has 2 rings (SSSR count). The van der Waals surface area contributed by atoms with Crippen LogP contribution in [0.1, 0.15) is 17.2 Å². The van der Waals surface area contributed by atoms with Crippen molar-refractivity contribution in [3.05, 3.63) is 71.3 Å². The molecule has 0 aromatic heterocycles. The van der Waals surface area contributed by atoms with Gasteiger partial charge in [0.25, 0.3) is 0 Å². The molecular formula is C18H18F5NOS. The third-order valence-electron chi connectivity index (χ3n) is 3.65. The van der Waals surface area contributed by atoms with Gasteiger partial charge in [-0.1, -0.05) is 24.3 Å². The summed E-state index contributed by atoms with van der Waals surface area (Å²) in [5, 5.41) is 11.8. The number of rotatable bonds is 8. The van der Waals surface area contributed by atoms with E-state index in [4.69, 9.17) is 0 Å². The highest BCUT2D eigenvalue weighted by Crippen LogP contribution is 2.33. The highest BCUT2D eigenvalue weighted by atomic mass is 32.2. The smallest absolute Gasteiger partial charge is 0.395 e. The van der Waals surface area contributed by atoms with Gasteiger partial charge in [0, 0.05) is 17.5 Å². The predicted octanol–water partition coefficient (Wildman–Crippen LogP) is 4.45. The molecule has 0 fully saturated rings. The predicted molar refractivity (Wildman–Crippen MR) is 91.8 cm³/mol. The summed E-state index contributed by atoms with van der Waals surface area (Å²) in [6.45, 7) is -0.482. The summed E-state index contributed by atoms with van der Waals surface area (Å²) in [6.07, 6.45) is -4.59. The number of aliphatic hydroxyl groups excluding tert-OH is 1. The van der Waals surface area contributed by atoms with Crippen molar-refractivity contribution < 1.29 is 27.1 Å². The van der Waals surface area contributed by atoms with Crippen molar-refractivity contribution in [3.63, 3.8) is 0 Å². The van der Waals surface area contributed by atoms with Crippen LogP contribution in [0, 0.1) is 11.6 Å². The lowest BCUT2D eigenvalue weighted by molar-refractivity contribution is -0.159. The molecule has 0 radical (unpaired) electrons. The van der Waals surface area contributed by atoms with Crippen LogP contribution in [0.25, 0.3) is 0 Å². The number of hydrogen-bond donors (Lipinski definition) is 2. The number of thioether (sulfide) groups is 1. The van der Waals surface area contributed by atoms with Crippen LogP contribution in [0.2, 0.25) is 0 Å². The maximum Gasteiger partial charge on any atom is 0.407 e. The van der Waals surface area contributed by atoms with Crippen LogP contribution >= 0.6 is 11.8 Å². The largest absolute Gasteiger partial charge is 0.407 e. The lowest BCUT2D eigenvalue weighted by atomic mass is 10.1. The lowest BCUT2D eigenvalue weighted by Crippen LogP contribution is -2.43. The molecule has 0 aliphatic heterocycles. The molecule has 0 heterocycles. The van der Waals surface area contributed by atoms with Crippen LogP contribution in [0.5, 0.6) is 0 Å². The average Bonchev–Trinajstić information content (AvgIpc) is 2.59. The molecule has 2 aromatic rings. The van der Waals surface area contributed by atoms with Gasteiger partial charge in [-0.05, 0) is 35.4 Å². The first-order chi connectivity index (χ1) is 12.3. The van der Waals surface area contributed by atoms with Crippen molar-refractivity contribution in [2.24, 2.45) is 0 Å². The molecule has 0 saturated carbocycles. The number of halogens is 5. The number of alkyl halides is 3. The normalized spacial score (nSPS) is 14.2. The standard InChI is InChI=1S/C18H18F5NOS/c19-14-5-1-12(2-6-14)10-26-11-16(9-25)24-17(18(21,22)23)13-3-7-15(20)8-4-13/h1-8,16-17,24-25H,9-11H2/t16-,17+/m1/s1. The van der Waals surface area contributed by atoms with Gasteiger partial charge in [-0.2, -0.15) is 24.9 Å². The van der Waals surface area contributed by atoms with Gasteiger partial charge in [0.15, 0.2) is 0 Å². The second-order valence-corrected chi connectivity index (χ2v) is 6.74. The summed E-state index contributed by atoms with van der Waals surface area (Å²) in [5.74, 6) is -0.280. The molecule has 0 aliphatic carbocycles. The Balaban J connectivity index is 1.98. The van der Waals surface area contributed by atoms with E-state index >= 15 is 0 Å². The van der Waals surface area contributed by atoms with Crippen LogP contribution in [0.15, 0.2) is 48.5 Å². The summed E-state index contributed by atoms with van der Waals surface area (Å²) in [4.78, 5) is 0. The fourth-order valence-corrected chi connectivity index (χ4v) is 3.36. The van der Waals surface area contributed by atoms with E-state index < -0.39 is 30.7 Å². The van der Waals surface area contributed by atoms with Gasteiger partial charge < -0.3 is 5.11 Å². The van der Waals surface area contributed by atoms with Crippen molar-refractivity contribution in [1.29, 1.82) is 0 Å². The monoisotopic (exact) mass is 391 g/mol. The molecule has 8 heteroatoms. The van der Waals surface area contributed by atoms with Gasteiger partial charge in [0.05, 0.1) is 6.61 Å². The van der Waals surface area contributed by atoms with Crippen molar-refractivity contribution >= 4 is 11.8 Å². The number of nitrogens with one attached hydrogen (secondary N) is 1. The van der Waals surface area contributed by atoms with Crippen LogP contribution in [-0.2, 0) is 5.75 Å². The molecular weight excluding hydrogens is 373 g/mol. The molecule has 2 nitrogen and oxygen atoms in total. The second-order valence-electron chi connectivity index (χ2n) is 5.71. The Morgan fingerprint density at radius 3 is 1.96 bits per heavy atom. The lowest BCUT2D eigenvalue weighted by Gasteiger charge is -2.27. The SMILES string of the molecule is OC[C@H](CSCc1ccc(F)cc1)N[C@@H](c1ccc(F)cc1)C(F)(F)F. The van der Waals surface area contributed by atoms with E-state index in [1.807, 2.05) is 0 Å². The highest BCUT2D eigenvalue weighted by molar-refractivity contribution is 7.98. The van der Waals surface area contributed by atoms with Gasteiger partial charge in [-0.15, -0.1) is 0 Å². The van der Waals surface area contributed by atoms with Gasteiger partial charge in [0.2, 0.25) is 0 Å². The van der Waals surface area contributed by atoms with Crippen molar-refractivity contribution in [2.75, 3.05) is 12.4 Å². The zero-order valence-electron chi connectivity index (χ0n) is 13.6. The minimum atomic E-state index is -4.59. The zero-order valence-corrected chi connectivity index (χ0v) is 14.5. The first-order valence-electron chi connectivity index (χ1n) is 7.81. The molecule has 142 valence electrons. The fourth-order valence-electron chi connectivity index (χ4n) is 2.32. The molecule has 2 N–H and O–H groups in total. The van der Waals surface area contributed by atoms with Gasteiger partial charge >= 0.3 is 6.18 Å². The van der Waals surface area contributed by atoms with E-state index in [1.165, 1.54) is 23.9 Å². The van der Waals surface area contributed by atoms with Crippen molar-refractivity contribution in [3.8, 4) is 0 Å². The van der Waals surface area contributed by atoms with Crippen molar-refractivity contribution in [2.45, 2.75) is 24.0 Å². The Labute approximate surface area is 152 Å². The van der Waals surface area contributed by atoms with Crippen molar-refractivity contribution in [1.82, 2.24) is 5.32 Å². The van der Waals surface area contributed by atoms with E-state index in [0.29, 0.717) is 5.75 Å². The number of benzene rings is 2. The zero-order chi connectivity index (χ0) is 19.2. The van der Waals surface area contributed by atoms with Crippen LogP contribution in [0.3, 0.4) is 0 Å². The van der Waals surface area contributed by atoms with E-state index in [0.717, 1.165) is 29.8 Å². The van der Waals surface area contributed by atoms with Crippen LogP contribution in [0.4, 0.5) is 22.0 Å². The highest BCUT2D eigenvalue weighted by Gasteiger charge is 2.41. The Hall–Kier alpha value is -1.64. The maximum atomic E-state index is 13.3. The second kappa shape index (κ2) is 9.34. The number of hydrogen-bond acceptors (Lipinski definition) is 3. The van der Waals surface area contributed by atoms with E-state index in [9.17, 15) is 27.1 Å². The first-order valence-corrected chi connectivity index (χ1v) is 8.96. The molecule has 0 saturated heterocycles. The third-order valence-corrected chi connectivity index (χ3v) is 4.83. The Bertz CT molecular complexity index is 675.